The predicted molar refractivity (Wildman–Crippen MR) is 54.5 cm³/mol. The first-order valence-electron chi connectivity index (χ1n) is 5.03. The summed E-state index contributed by atoms with van der Waals surface area (Å²) in [6.45, 7) is 0.702. The molecule has 0 N–H and O–H groups in total. The van der Waals surface area contributed by atoms with Gasteiger partial charge in [0.1, 0.15) is 0 Å². The van der Waals surface area contributed by atoms with Crippen molar-refractivity contribution in [3.8, 4) is 0 Å². The summed E-state index contributed by atoms with van der Waals surface area (Å²) in [7, 11) is 4.33. The van der Waals surface area contributed by atoms with Crippen LogP contribution in [-0.2, 0) is 23.8 Å². The second kappa shape index (κ2) is 5.81. The lowest BCUT2D eigenvalue weighted by atomic mass is 10.1. The van der Waals surface area contributed by atoms with Crippen LogP contribution in [0.2, 0.25) is 0 Å². The van der Waals surface area contributed by atoms with Crippen LogP contribution in [0, 0.1) is 5.92 Å². The summed E-state index contributed by atoms with van der Waals surface area (Å²) in [6, 6.07) is 0. The molecule has 0 aliphatic carbocycles. The van der Waals surface area contributed by atoms with Gasteiger partial charge < -0.3 is 19.1 Å². The number of esters is 1. The number of methoxy groups -OCH3 is 3. The molecule has 6 nitrogen and oxygen atoms in total. The van der Waals surface area contributed by atoms with Gasteiger partial charge in [-0.05, 0) is 0 Å². The molecule has 0 saturated carbocycles. The smallest absolute Gasteiger partial charge is 0.310 e. The van der Waals surface area contributed by atoms with Crippen LogP contribution in [0.5, 0.6) is 0 Å². The van der Waals surface area contributed by atoms with Gasteiger partial charge in [-0.25, -0.2) is 0 Å². The number of nitrogens with zero attached hydrogens (tertiary/aromatic N) is 1. The van der Waals surface area contributed by atoms with Crippen LogP contribution < -0.4 is 0 Å². The summed E-state index contributed by atoms with van der Waals surface area (Å²) < 4.78 is 14.6. The van der Waals surface area contributed by atoms with Crippen LogP contribution in [0.4, 0.5) is 0 Å². The van der Waals surface area contributed by atoms with Crippen molar-refractivity contribution >= 4 is 11.9 Å². The number of hydrogen-bond acceptors (Lipinski definition) is 5. The molecule has 6 heteroatoms. The van der Waals surface area contributed by atoms with E-state index in [1.54, 1.807) is 4.90 Å². The number of carbonyl (C=O) groups excluding carboxylic acids is 2. The monoisotopic (exact) mass is 231 g/mol. The highest BCUT2D eigenvalue weighted by Gasteiger charge is 2.35. The van der Waals surface area contributed by atoms with Crippen LogP contribution >= 0.6 is 0 Å². The van der Waals surface area contributed by atoms with Gasteiger partial charge in [-0.2, -0.15) is 0 Å². The molecule has 16 heavy (non-hydrogen) atoms. The minimum absolute atomic E-state index is 0.0745. The number of rotatable bonds is 5. The molecule has 1 atom stereocenters. The third kappa shape index (κ3) is 2.93. The van der Waals surface area contributed by atoms with Gasteiger partial charge in [0.25, 0.3) is 0 Å². The van der Waals surface area contributed by atoms with Crippen LogP contribution in [0.3, 0.4) is 0 Å². The Hall–Kier alpha value is -1.14. The summed E-state index contributed by atoms with van der Waals surface area (Å²) in [5.41, 5.74) is 0. The quantitative estimate of drug-likeness (QED) is 0.477. The highest BCUT2D eigenvalue weighted by molar-refractivity contribution is 5.86. The van der Waals surface area contributed by atoms with E-state index >= 15 is 0 Å². The Morgan fingerprint density at radius 3 is 2.56 bits per heavy atom. The number of amides is 1. The molecule has 0 aromatic carbocycles. The molecule has 0 aromatic rings. The zero-order valence-corrected chi connectivity index (χ0v) is 9.76. The zero-order valence-electron chi connectivity index (χ0n) is 9.76. The van der Waals surface area contributed by atoms with Crippen LogP contribution in [0.25, 0.3) is 0 Å². The van der Waals surface area contributed by atoms with E-state index in [-0.39, 0.29) is 24.2 Å². The normalized spacial score (nSPS) is 20.6. The van der Waals surface area contributed by atoms with Crippen molar-refractivity contribution < 1.29 is 23.8 Å². The molecule has 1 amide bonds. The van der Waals surface area contributed by atoms with Crippen molar-refractivity contribution in [2.24, 2.45) is 5.92 Å². The van der Waals surface area contributed by atoms with Gasteiger partial charge in [0.2, 0.25) is 5.91 Å². The molecule has 0 aromatic heterocycles. The van der Waals surface area contributed by atoms with E-state index in [2.05, 4.69) is 4.74 Å². The van der Waals surface area contributed by atoms with Crippen LogP contribution in [-0.4, -0.2) is 57.5 Å². The van der Waals surface area contributed by atoms with Crippen molar-refractivity contribution in [2.45, 2.75) is 12.7 Å². The highest BCUT2D eigenvalue weighted by atomic mass is 16.7. The van der Waals surface area contributed by atoms with E-state index in [0.717, 1.165) is 0 Å². The SMILES string of the molecule is COC(=O)C1CC(=O)N(CC(OC)OC)C1. The summed E-state index contributed by atoms with van der Waals surface area (Å²) in [6.07, 6.45) is -0.257. The Balaban J connectivity index is 2.51. The molecule has 1 heterocycles. The Morgan fingerprint density at radius 2 is 2.06 bits per heavy atom. The molecule has 1 unspecified atom stereocenters. The Bertz CT molecular complexity index is 264. The van der Waals surface area contributed by atoms with E-state index in [1.165, 1.54) is 21.3 Å². The summed E-state index contributed by atoms with van der Waals surface area (Å²) in [4.78, 5) is 24.4. The molecule has 1 aliphatic rings. The third-order valence-electron chi connectivity index (χ3n) is 2.64. The molecule has 92 valence electrons. The molecule has 0 radical (unpaired) electrons. The van der Waals surface area contributed by atoms with Crippen LogP contribution in [0.15, 0.2) is 0 Å². The Labute approximate surface area is 94.4 Å². The average molecular weight is 231 g/mol. The largest absolute Gasteiger partial charge is 0.469 e. The van der Waals surface area contributed by atoms with Crippen molar-refractivity contribution in [3.63, 3.8) is 0 Å². The Morgan fingerprint density at radius 1 is 1.44 bits per heavy atom. The summed E-state index contributed by atoms with van der Waals surface area (Å²) in [5.74, 6) is -0.788. The number of carbonyl (C=O) groups is 2. The summed E-state index contributed by atoms with van der Waals surface area (Å²) in [5, 5.41) is 0. The fourth-order valence-corrected chi connectivity index (χ4v) is 1.70. The van der Waals surface area contributed by atoms with E-state index < -0.39 is 6.29 Å². The first-order valence-corrected chi connectivity index (χ1v) is 5.03. The van der Waals surface area contributed by atoms with Gasteiger partial charge >= 0.3 is 5.97 Å². The first-order chi connectivity index (χ1) is 7.62. The maximum absolute atomic E-state index is 11.6. The fourth-order valence-electron chi connectivity index (χ4n) is 1.70. The Kier molecular flexibility index (Phi) is 4.70. The van der Waals surface area contributed by atoms with E-state index in [1.807, 2.05) is 0 Å². The lowest BCUT2D eigenvalue weighted by Gasteiger charge is -2.21. The lowest BCUT2D eigenvalue weighted by Crippen LogP contribution is -2.36. The highest BCUT2D eigenvalue weighted by Crippen LogP contribution is 2.19. The molecular formula is C10H17NO5. The second-order valence-electron chi connectivity index (χ2n) is 3.62. The van der Waals surface area contributed by atoms with Gasteiger partial charge in [0.05, 0.1) is 19.6 Å². The maximum Gasteiger partial charge on any atom is 0.310 e. The maximum atomic E-state index is 11.6. The standard InChI is InChI=1S/C10H17NO5/c1-14-9(15-2)6-11-5-7(4-8(11)12)10(13)16-3/h7,9H,4-6H2,1-3H3. The van der Waals surface area contributed by atoms with Crippen molar-refractivity contribution in [1.82, 2.24) is 4.90 Å². The van der Waals surface area contributed by atoms with Gasteiger partial charge in [-0.1, -0.05) is 0 Å². The average Bonchev–Trinajstić information content (AvgIpc) is 2.66. The second-order valence-corrected chi connectivity index (χ2v) is 3.62. The molecular weight excluding hydrogens is 214 g/mol. The predicted octanol–water partition coefficient (Wildman–Crippen LogP) is -0.373. The van der Waals surface area contributed by atoms with Gasteiger partial charge in [-0.3, -0.25) is 9.59 Å². The van der Waals surface area contributed by atoms with Crippen LogP contribution in [0.1, 0.15) is 6.42 Å². The lowest BCUT2D eigenvalue weighted by molar-refractivity contribution is -0.145. The van der Waals surface area contributed by atoms with E-state index in [0.29, 0.717) is 13.1 Å². The minimum atomic E-state index is -0.458. The molecule has 1 fully saturated rings. The van der Waals surface area contributed by atoms with E-state index in [9.17, 15) is 9.59 Å². The number of likely N-dealkylation sites (tertiary alicyclic amines) is 1. The number of ether oxygens (including phenoxy) is 3. The fraction of sp³-hybridized carbons (Fsp3) is 0.800. The van der Waals surface area contributed by atoms with Gasteiger partial charge in [-0.15, -0.1) is 0 Å². The molecule has 1 rings (SSSR count). The zero-order chi connectivity index (χ0) is 12.1. The van der Waals surface area contributed by atoms with Gasteiger partial charge in [0, 0.05) is 27.2 Å². The number of hydrogen-bond donors (Lipinski definition) is 0. The van der Waals surface area contributed by atoms with Crippen molar-refractivity contribution in [1.29, 1.82) is 0 Å². The molecule has 1 aliphatic heterocycles. The third-order valence-corrected chi connectivity index (χ3v) is 2.64. The van der Waals surface area contributed by atoms with Gasteiger partial charge in [0.15, 0.2) is 6.29 Å². The topological polar surface area (TPSA) is 65.1 Å². The summed E-state index contributed by atoms with van der Waals surface area (Å²) >= 11 is 0. The first kappa shape index (κ1) is 12.9. The van der Waals surface area contributed by atoms with E-state index in [4.69, 9.17) is 9.47 Å². The van der Waals surface area contributed by atoms with Crippen molar-refractivity contribution in [3.05, 3.63) is 0 Å². The minimum Gasteiger partial charge on any atom is -0.469 e. The molecule has 1 saturated heterocycles. The molecule has 0 bridgehead atoms. The molecule has 0 spiro atoms. The van der Waals surface area contributed by atoms with Crippen molar-refractivity contribution in [2.75, 3.05) is 34.4 Å².